The molecule has 2 aliphatic rings. The van der Waals surface area contributed by atoms with Crippen molar-refractivity contribution in [2.24, 2.45) is 5.41 Å². The summed E-state index contributed by atoms with van der Waals surface area (Å²) >= 11 is 0. The number of hydrogen-bond acceptors (Lipinski definition) is 3. The van der Waals surface area contributed by atoms with Crippen molar-refractivity contribution in [2.45, 2.75) is 38.5 Å². The minimum Gasteiger partial charge on any atom is -0.493 e. The van der Waals surface area contributed by atoms with Crippen LogP contribution in [0.25, 0.3) is 0 Å². The van der Waals surface area contributed by atoms with Gasteiger partial charge in [0.15, 0.2) is 0 Å². The van der Waals surface area contributed by atoms with E-state index in [-0.39, 0.29) is 5.41 Å². The molecule has 2 heterocycles. The highest BCUT2D eigenvalue weighted by molar-refractivity contribution is 5.86. The standard InChI is InChI=1S/C17H23NO2/c1-2-17(8-9-18-12-17)16(19)11-13-7-10-20-15-6-4-3-5-14(13)15/h3-6,13,18H,2,7-12H2,1H3. The van der Waals surface area contributed by atoms with Crippen LogP contribution in [-0.2, 0) is 4.79 Å². The fraction of sp³-hybridized carbons (Fsp3) is 0.588. The van der Waals surface area contributed by atoms with Crippen LogP contribution in [0.5, 0.6) is 5.75 Å². The molecular weight excluding hydrogens is 250 g/mol. The summed E-state index contributed by atoms with van der Waals surface area (Å²) in [5.74, 6) is 1.73. The van der Waals surface area contributed by atoms with Crippen molar-refractivity contribution in [3.8, 4) is 5.75 Å². The van der Waals surface area contributed by atoms with Gasteiger partial charge >= 0.3 is 0 Å². The molecule has 0 bridgehead atoms. The summed E-state index contributed by atoms with van der Waals surface area (Å²) in [5, 5.41) is 3.36. The first kappa shape index (κ1) is 13.6. The normalized spacial score (nSPS) is 28.8. The molecule has 1 N–H and O–H groups in total. The second kappa shape index (κ2) is 5.57. The molecule has 108 valence electrons. The lowest BCUT2D eigenvalue weighted by Crippen LogP contribution is -2.34. The van der Waals surface area contributed by atoms with Crippen molar-refractivity contribution in [1.29, 1.82) is 0 Å². The Balaban J connectivity index is 1.77. The van der Waals surface area contributed by atoms with Crippen LogP contribution in [0.1, 0.15) is 44.1 Å². The zero-order valence-corrected chi connectivity index (χ0v) is 12.2. The van der Waals surface area contributed by atoms with Gasteiger partial charge in [-0.15, -0.1) is 0 Å². The van der Waals surface area contributed by atoms with E-state index in [0.29, 0.717) is 18.1 Å². The van der Waals surface area contributed by atoms with E-state index in [4.69, 9.17) is 4.74 Å². The molecule has 3 heteroatoms. The summed E-state index contributed by atoms with van der Waals surface area (Å²) in [6.07, 6.45) is 3.56. The van der Waals surface area contributed by atoms with Crippen LogP contribution in [-0.4, -0.2) is 25.5 Å². The van der Waals surface area contributed by atoms with Crippen molar-refractivity contribution in [3.63, 3.8) is 0 Å². The average molecular weight is 273 g/mol. The maximum Gasteiger partial charge on any atom is 0.140 e. The van der Waals surface area contributed by atoms with Gasteiger partial charge < -0.3 is 10.1 Å². The first-order chi connectivity index (χ1) is 9.75. The Kier molecular flexibility index (Phi) is 3.79. The molecule has 0 spiro atoms. The molecule has 0 radical (unpaired) electrons. The molecule has 1 aromatic rings. The van der Waals surface area contributed by atoms with Gasteiger partial charge in [0, 0.05) is 18.4 Å². The third-order valence-corrected chi connectivity index (χ3v) is 5.03. The number of carbonyl (C=O) groups is 1. The van der Waals surface area contributed by atoms with Crippen LogP contribution in [0.3, 0.4) is 0 Å². The van der Waals surface area contributed by atoms with Crippen molar-refractivity contribution in [2.75, 3.05) is 19.7 Å². The summed E-state index contributed by atoms with van der Waals surface area (Å²) in [5.41, 5.74) is 1.09. The highest BCUT2D eigenvalue weighted by atomic mass is 16.5. The van der Waals surface area contributed by atoms with Gasteiger partial charge in [-0.25, -0.2) is 0 Å². The molecule has 3 rings (SSSR count). The highest BCUT2D eigenvalue weighted by Gasteiger charge is 2.40. The topological polar surface area (TPSA) is 38.3 Å². The molecule has 1 aromatic carbocycles. The molecule has 0 aliphatic carbocycles. The largest absolute Gasteiger partial charge is 0.493 e. The van der Waals surface area contributed by atoms with Gasteiger partial charge in [-0.3, -0.25) is 4.79 Å². The Morgan fingerprint density at radius 1 is 1.45 bits per heavy atom. The van der Waals surface area contributed by atoms with Gasteiger partial charge in [0.2, 0.25) is 0 Å². The van der Waals surface area contributed by atoms with Crippen LogP contribution in [0.15, 0.2) is 24.3 Å². The zero-order valence-electron chi connectivity index (χ0n) is 12.2. The number of Topliss-reactive ketones (excluding diaryl/α,β-unsaturated/α-hetero) is 1. The average Bonchev–Trinajstić information content (AvgIpc) is 2.98. The summed E-state index contributed by atoms with van der Waals surface area (Å²) in [7, 11) is 0. The first-order valence-electron chi connectivity index (χ1n) is 7.71. The van der Waals surface area contributed by atoms with Crippen molar-refractivity contribution < 1.29 is 9.53 Å². The molecule has 0 amide bonds. The van der Waals surface area contributed by atoms with Gasteiger partial charge in [0.25, 0.3) is 0 Å². The van der Waals surface area contributed by atoms with E-state index in [1.807, 2.05) is 18.2 Å². The molecule has 2 unspecified atom stereocenters. The zero-order chi connectivity index (χ0) is 14.0. The van der Waals surface area contributed by atoms with E-state index in [9.17, 15) is 4.79 Å². The van der Waals surface area contributed by atoms with Crippen molar-refractivity contribution >= 4 is 5.78 Å². The minimum absolute atomic E-state index is 0.118. The first-order valence-corrected chi connectivity index (χ1v) is 7.71. The molecule has 1 saturated heterocycles. The van der Waals surface area contributed by atoms with Crippen LogP contribution < -0.4 is 10.1 Å². The fourth-order valence-electron chi connectivity index (χ4n) is 3.55. The summed E-state index contributed by atoms with van der Waals surface area (Å²) in [6.45, 7) is 4.70. The molecule has 1 fully saturated rings. The predicted octanol–water partition coefficient (Wildman–Crippen LogP) is 2.90. The number of nitrogens with one attached hydrogen (secondary N) is 1. The Bertz CT molecular complexity index is 492. The third-order valence-electron chi connectivity index (χ3n) is 5.03. The SMILES string of the molecule is CCC1(C(=O)CC2CCOc3ccccc32)CCNC1. The molecule has 0 aromatic heterocycles. The third kappa shape index (κ3) is 2.35. The number of hydrogen-bond donors (Lipinski definition) is 1. The van der Waals surface area contributed by atoms with E-state index in [1.54, 1.807) is 0 Å². The summed E-state index contributed by atoms with van der Waals surface area (Å²) < 4.78 is 5.69. The fourth-order valence-corrected chi connectivity index (χ4v) is 3.55. The van der Waals surface area contributed by atoms with Gasteiger partial charge in [-0.2, -0.15) is 0 Å². The van der Waals surface area contributed by atoms with Gasteiger partial charge in [-0.1, -0.05) is 25.1 Å². The molecule has 3 nitrogen and oxygen atoms in total. The molecule has 2 atom stereocenters. The van der Waals surface area contributed by atoms with E-state index < -0.39 is 0 Å². The number of carbonyl (C=O) groups excluding carboxylic acids is 1. The molecular formula is C17H23NO2. The van der Waals surface area contributed by atoms with Crippen molar-refractivity contribution in [1.82, 2.24) is 5.32 Å². The summed E-state index contributed by atoms with van der Waals surface area (Å²) in [4.78, 5) is 12.8. The Hall–Kier alpha value is -1.35. The quantitative estimate of drug-likeness (QED) is 0.916. The molecule has 2 aliphatic heterocycles. The monoisotopic (exact) mass is 273 g/mol. The van der Waals surface area contributed by atoms with E-state index >= 15 is 0 Å². The maximum atomic E-state index is 12.8. The second-order valence-corrected chi connectivity index (χ2v) is 6.06. The smallest absolute Gasteiger partial charge is 0.140 e. The number of ketones is 1. The van der Waals surface area contributed by atoms with E-state index in [2.05, 4.69) is 18.3 Å². The molecule has 20 heavy (non-hydrogen) atoms. The van der Waals surface area contributed by atoms with Crippen LogP contribution >= 0.6 is 0 Å². The number of para-hydroxylation sites is 1. The Labute approximate surface area is 120 Å². The second-order valence-electron chi connectivity index (χ2n) is 6.06. The van der Waals surface area contributed by atoms with Crippen LogP contribution in [0.2, 0.25) is 0 Å². The highest BCUT2D eigenvalue weighted by Crippen LogP contribution is 2.39. The lowest BCUT2D eigenvalue weighted by atomic mass is 9.75. The number of ether oxygens (including phenoxy) is 1. The minimum atomic E-state index is -0.118. The number of benzene rings is 1. The number of rotatable bonds is 4. The predicted molar refractivity (Wildman–Crippen MR) is 79.1 cm³/mol. The summed E-state index contributed by atoms with van der Waals surface area (Å²) in [6, 6.07) is 8.16. The Morgan fingerprint density at radius 2 is 2.30 bits per heavy atom. The van der Waals surface area contributed by atoms with Crippen molar-refractivity contribution in [3.05, 3.63) is 29.8 Å². The lowest BCUT2D eigenvalue weighted by molar-refractivity contribution is -0.128. The van der Waals surface area contributed by atoms with Gasteiger partial charge in [0.1, 0.15) is 11.5 Å². The Morgan fingerprint density at radius 3 is 3.05 bits per heavy atom. The molecule has 0 saturated carbocycles. The maximum absolute atomic E-state index is 12.8. The van der Waals surface area contributed by atoms with Gasteiger partial charge in [0.05, 0.1) is 6.61 Å². The lowest BCUT2D eigenvalue weighted by Gasteiger charge is -2.30. The van der Waals surface area contributed by atoms with Gasteiger partial charge in [-0.05, 0) is 43.4 Å². The van der Waals surface area contributed by atoms with Crippen LogP contribution in [0.4, 0.5) is 0 Å². The van der Waals surface area contributed by atoms with Crippen LogP contribution in [0, 0.1) is 5.41 Å². The van der Waals surface area contributed by atoms with E-state index in [1.165, 1.54) is 5.56 Å². The van der Waals surface area contributed by atoms with E-state index in [0.717, 1.165) is 44.7 Å². The number of fused-ring (bicyclic) bond motifs is 1.